The third-order valence-corrected chi connectivity index (χ3v) is 15.4. The van der Waals surface area contributed by atoms with Gasteiger partial charge < -0.3 is 44.1 Å². The molecule has 1 spiro atoms. The summed E-state index contributed by atoms with van der Waals surface area (Å²) in [4.78, 5) is 90.1. The average molecular weight is 1020 g/mol. The van der Waals surface area contributed by atoms with Gasteiger partial charge in [0.2, 0.25) is 17.7 Å². The van der Waals surface area contributed by atoms with Crippen molar-refractivity contribution < 1.29 is 57.3 Å². The van der Waals surface area contributed by atoms with Gasteiger partial charge in [0.15, 0.2) is 0 Å². The van der Waals surface area contributed by atoms with Crippen LogP contribution in [-0.4, -0.2) is 121 Å². The van der Waals surface area contributed by atoms with E-state index in [0.29, 0.717) is 34.5 Å². The van der Waals surface area contributed by atoms with Gasteiger partial charge in [-0.05, 0) is 83.8 Å². The van der Waals surface area contributed by atoms with E-state index in [2.05, 4.69) is 38.4 Å². The summed E-state index contributed by atoms with van der Waals surface area (Å²) in [5.41, 5.74) is 2.09. The molecule has 0 unspecified atom stereocenters. The molecule has 4 fully saturated rings. The van der Waals surface area contributed by atoms with Crippen molar-refractivity contribution in [3.05, 3.63) is 174 Å². The lowest BCUT2D eigenvalue weighted by Gasteiger charge is -2.46. The maximum Gasteiger partial charge on any atom is 0.325 e. The van der Waals surface area contributed by atoms with Crippen LogP contribution in [0.15, 0.2) is 146 Å². The van der Waals surface area contributed by atoms with E-state index in [-0.39, 0.29) is 43.8 Å². The maximum atomic E-state index is 15.1. The van der Waals surface area contributed by atoms with Gasteiger partial charge >= 0.3 is 17.9 Å². The highest BCUT2D eigenvalue weighted by molar-refractivity contribution is 6.11. The van der Waals surface area contributed by atoms with Crippen LogP contribution in [0, 0.1) is 11.8 Å². The minimum Gasteiger partial charge on any atom is -0.508 e. The molecule has 10 atom stereocenters. The number of aromatic hydroxyl groups is 1. The van der Waals surface area contributed by atoms with E-state index in [4.69, 9.17) is 18.9 Å². The molecule has 5 aliphatic heterocycles. The number of hydrogen-bond acceptors (Lipinski definition) is 12. The van der Waals surface area contributed by atoms with Crippen LogP contribution in [-0.2, 0) is 48.4 Å². The van der Waals surface area contributed by atoms with Crippen molar-refractivity contribution in [1.29, 1.82) is 0 Å². The quantitative estimate of drug-likeness (QED) is 0.0296. The number of phenols is 1. The lowest BCUT2D eigenvalue weighted by Crippen LogP contribution is -2.61. The van der Waals surface area contributed by atoms with E-state index in [1.807, 2.05) is 83.8 Å². The van der Waals surface area contributed by atoms with E-state index in [1.165, 1.54) is 23.1 Å². The molecule has 5 aromatic carbocycles. The standard InChI is InChI=1S/C59H61N5O11/c1-5-32-73-56(69)47-50-57(70)75-51(38-18-10-7-11-19-38)49(36-16-8-6-9-17-36)63(50)52(59(47)43-20-12-13-21-44(43)61-58(59)71)39-25-29-41(30-26-39)72-33-34-74-55(68)42-35-46-53(66)60-45(22-14-15-31-64(2,3)4)54(67)62(46)48(42)37-23-27-40(65)28-24-37/h5-13,16-21,23-30,42,45-52H,1,14-15,22,31-35H2,2-4H3,(H2-,60,61,65,66,71)/p+1/t42-,45-,46-,47-,48-,49-,50-,51+,52+,59-/m0/s1. The van der Waals surface area contributed by atoms with Crippen molar-refractivity contribution in [2.75, 3.05) is 52.8 Å². The predicted molar refractivity (Wildman–Crippen MR) is 275 cm³/mol. The zero-order valence-corrected chi connectivity index (χ0v) is 42.2. The Balaban J connectivity index is 0.923. The molecule has 3 amide bonds. The number of esters is 3. The second-order valence-corrected chi connectivity index (χ2v) is 21.0. The summed E-state index contributed by atoms with van der Waals surface area (Å²) in [5.74, 6) is -4.87. The first-order valence-electron chi connectivity index (χ1n) is 25.6. The second kappa shape index (κ2) is 20.8. The number of phenolic OH excluding ortho intramolecular Hbond substituents is 1. The third kappa shape index (κ3) is 9.41. The number of carbonyl (C=O) groups is 6. The van der Waals surface area contributed by atoms with Gasteiger partial charge in [-0.15, -0.1) is 0 Å². The molecule has 4 saturated heterocycles. The van der Waals surface area contributed by atoms with E-state index in [1.54, 1.807) is 42.5 Å². The lowest BCUT2D eigenvalue weighted by molar-refractivity contribution is -0.870. The molecule has 16 nitrogen and oxygen atoms in total. The molecule has 0 aromatic heterocycles. The molecule has 3 N–H and O–H groups in total. The van der Waals surface area contributed by atoms with Gasteiger partial charge in [0, 0.05) is 5.69 Å². The molecule has 0 aliphatic carbocycles. The van der Waals surface area contributed by atoms with Gasteiger partial charge in [0.05, 0.1) is 51.7 Å². The Hall–Kier alpha value is -7.82. The molecule has 10 rings (SSSR count). The number of carbonyl (C=O) groups excluding carboxylic acids is 6. The summed E-state index contributed by atoms with van der Waals surface area (Å²) in [6.07, 6.45) is 2.74. The zero-order chi connectivity index (χ0) is 52.6. The van der Waals surface area contributed by atoms with Crippen LogP contribution >= 0.6 is 0 Å². The topological polar surface area (TPSA) is 190 Å². The van der Waals surface area contributed by atoms with Crippen molar-refractivity contribution in [1.82, 2.24) is 15.1 Å². The van der Waals surface area contributed by atoms with Gasteiger partial charge in [-0.1, -0.05) is 116 Å². The van der Waals surface area contributed by atoms with Crippen LogP contribution in [0.25, 0.3) is 0 Å². The van der Waals surface area contributed by atoms with E-state index >= 15 is 4.79 Å². The van der Waals surface area contributed by atoms with Gasteiger partial charge in [0.1, 0.15) is 66.9 Å². The number of hydrogen-bond donors (Lipinski definition) is 3. The molecule has 5 aromatic rings. The summed E-state index contributed by atoms with van der Waals surface area (Å²) in [6, 6.07) is 34.3. The number of nitrogens with zero attached hydrogens (tertiary/aromatic N) is 3. The minimum absolute atomic E-state index is 0.0224. The van der Waals surface area contributed by atoms with Crippen molar-refractivity contribution in [2.24, 2.45) is 11.8 Å². The van der Waals surface area contributed by atoms with E-state index in [9.17, 15) is 29.1 Å². The number of fused-ring (bicyclic) bond motifs is 4. The van der Waals surface area contributed by atoms with Crippen molar-refractivity contribution in [3.8, 4) is 11.5 Å². The molecular formula is C59H62N5O11+. The number of para-hydroxylation sites is 1. The number of morpholine rings is 1. The summed E-state index contributed by atoms with van der Waals surface area (Å²) in [7, 11) is 6.31. The highest BCUT2D eigenvalue weighted by Crippen LogP contribution is 2.65. The first kappa shape index (κ1) is 50.7. The SMILES string of the molecule is C=CCOC(=O)[C@@H]1[C@H]2C(=O)O[C@H](c3ccccc3)[C@H](c3ccccc3)N2[C@H](c2ccc(OCCOC(=O)[C@H]3C[C@H]4C(=O)N[C@@H](CCCC[N+](C)(C)C)C(=O)N4[C@H]3c3ccc(O)cc3)cc2)[C@@]12C(=O)Nc1ccccc12. The Morgan fingerprint density at radius 3 is 2.11 bits per heavy atom. The second-order valence-electron chi connectivity index (χ2n) is 21.0. The normalized spacial score (nSPS) is 26.9. The van der Waals surface area contributed by atoms with Crippen molar-refractivity contribution in [2.45, 2.75) is 73.5 Å². The van der Waals surface area contributed by atoms with Gasteiger partial charge in [-0.3, -0.25) is 33.7 Å². The molecule has 0 bridgehead atoms. The summed E-state index contributed by atoms with van der Waals surface area (Å²) < 4.78 is 25.0. The molecule has 16 heteroatoms. The first-order chi connectivity index (χ1) is 36.2. The number of piperazine rings is 1. The molecule has 5 aliphatic rings. The fourth-order valence-electron chi connectivity index (χ4n) is 12.2. The van der Waals surface area contributed by atoms with Crippen LogP contribution < -0.4 is 15.4 Å². The average Bonchev–Trinajstić information content (AvgIpc) is 4.07. The largest absolute Gasteiger partial charge is 0.508 e. The predicted octanol–water partition coefficient (Wildman–Crippen LogP) is 6.65. The minimum atomic E-state index is -1.70. The summed E-state index contributed by atoms with van der Waals surface area (Å²) >= 11 is 0. The Kier molecular flexibility index (Phi) is 14.1. The number of nitrogens with one attached hydrogen (secondary N) is 2. The number of ether oxygens (including phenoxy) is 4. The first-order valence-corrected chi connectivity index (χ1v) is 25.6. The van der Waals surface area contributed by atoms with Gasteiger partial charge in [-0.25, -0.2) is 0 Å². The molecule has 5 heterocycles. The van der Waals surface area contributed by atoms with Crippen LogP contribution in [0.5, 0.6) is 11.5 Å². The Morgan fingerprint density at radius 1 is 0.760 bits per heavy atom. The van der Waals surface area contributed by atoms with Crippen LogP contribution in [0.4, 0.5) is 5.69 Å². The summed E-state index contributed by atoms with van der Waals surface area (Å²) in [6.45, 7) is 4.29. The van der Waals surface area contributed by atoms with Crippen LogP contribution in [0.2, 0.25) is 0 Å². The van der Waals surface area contributed by atoms with Crippen molar-refractivity contribution in [3.63, 3.8) is 0 Å². The highest BCUT2D eigenvalue weighted by Gasteiger charge is 2.74. The number of anilines is 1. The Morgan fingerprint density at radius 2 is 1.41 bits per heavy atom. The summed E-state index contributed by atoms with van der Waals surface area (Å²) in [5, 5.41) is 16.1. The lowest BCUT2D eigenvalue weighted by atomic mass is 9.65. The smallest absolute Gasteiger partial charge is 0.325 e. The number of unbranched alkanes of at least 4 members (excludes halogenated alkanes) is 1. The van der Waals surface area contributed by atoms with Crippen LogP contribution in [0.1, 0.15) is 77.7 Å². The molecule has 388 valence electrons. The molecule has 0 saturated carbocycles. The molecule has 0 radical (unpaired) electrons. The fourth-order valence-corrected chi connectivity index (χ4v) is 12.2. The number of benzene rings is 5. The molecular weight excluding hydrogens is 955 g/mol. The highest BCUT2D eigenvalue weighted by atomic mass is 16.6. The van der Waals surface area contributed by atoms with E-state index in [0.717, 1.165) is 35.0 Å². The Labute approximate surface area is 435 Å². The Bertz CT molecular complexity index is 2970. The van der Waals surface area contributed by atoms with Crippen molar-refractivity contribution >= 4 is 41.3 Å². The number of rotatable bonds is 17. The van der Waals surface area contributed by atoms with E-state index < -0.39 is 83.4 Å². The molecule has 75 heavy (non-hydrogen) atoms. The third-order valence-electron chi connectivity index (χ3n) is 15.4. The van der Waals surface area contributed by atoms with Gasteiger partial charge in [0.25, 0.3) is 0 Å². The number of quaternary nitrogens is 1. The number of cyclic esters (lactones) is 1. The number of amides is 3. The monoisotopic (exact) mass is 1020 g/mol. The zero-order valence-electron chi connectivity index (χ0n) is 42.2. The van der Waals surface area contributed by atoms with Crippen LogP contribution in [0.3, 0.4) is 0 Å². The van der Waals surface area contributed by atoms with Gasteiger partial charge in [-0.2, -0.15) is 0 Å². The maximum absolute atomic E-state index is 15.1. The fraction of sp³-hybridized carbons (Fsp3) is 0.356.